The SMILES string of the molecule is CCN(CC)C(=O)[C@@H]1C=C2c3cccc4[nH]cc(c34)C[C@@]2(C)N(Cc2ccc(F)c(F)c2)C1. The first-order chi connectivity index (χ1) is 15.9. The lowest BCUT2D eigenvalue weighted by molar-refractivity contribution is -0.134. The van der Waals surface area contributed by atoms with Gasteiger partial charge in [0.25, 0.3) is 0 Å². The van der Waals surface area contributed by atoms with Gasteiger partial charge in [0, 0.05) is 48.8 Å². The highest BCUT2D eigenvalue weighted by Gasteiger charge is 2.46. The first-order valence-corrected chi connectivity index (χ1v) is 11.6. The number of nitrogens with one attached hydrogen (secondary N) is 1. The summed E-state index contributed by atoms with van der Waals surface area (Å²) in [5.74, 6) is -1.88. The van der Waals surface area contributed by atoms with Gasteiger partial charge >= 0.3 is 0 Å². The number of fused-ring (bicyclic) bond motifs is 2. The number of aromatic nitrogens is 1. The highest BCUT2D eigenvalue weighted by Crippen LogP contribution is 2.48. The molecule has 6 heteroatoms. The highest BCUT2D eigenvalue weighted by molar-refractivity contribution is 6.00. The van der Waals surface area contributed by atoms with Crippen LogP contribution in [0, 0.1) is 17.6 Å². The minimum Gasteiger partial charge on any atom is -0.361 e. The van der Waals surface area contributed by atoms with Gasteiger partial charge in [-0.05, 0) is 67.7 Å². The minimum atomic E-state index is -0.847. The Balaban J connectivity index is 1.62. The van der Waals surface area contributed by atoms with E-state index in [0.29, 0.717) is 31.7 Å². The summed E-state index contributed by atoms with van der Waals surface area (Å²) in [6.45, 7) is 8.47. The molecular formula is C27H29F2N3O. The number of carbonyl (C=O) groups excluding carboxylic acids is 1. The highest BCUT2D eigenvalue weighted by atomic mass is 19.2. The van der Waals surface area contributed by atoms with E-state index in [4.69, 9.17) is 0 Å². The van der Waals surface area contributed by atoms with Crippen LogP contribution in [0.1, 0.15) is 37.5 Å². The molecule has 5 rings (SSSR count). The Morgan fingerprint density at radius 2 is 1.97 bits per heavy atom. The number of aromatic amines is 1. The zero-order chi connectivity index (χ0) is 23.3. The first kappa shape index (κ1) is 21.8. The number of halogens is 2. The molecule has 1 N–H and O–H groups in total. The summed E-state index contributed by atoms with van der Waals surface area (Å²) < 4.78 is 27.6. The zero-order valence-corrected chi connectivity index (χ0v) is 19.3. The Bertz CT molecular complexity index is 1260. The molecule has 0 saturated heterocycles. The van der Waals surface area contributed by atoms with Crippen molar-refractivity contribution in [1.29, 1.82) is 0 Å². The van der Waals surface area contributed by atoms with Crippen LogP contribution in [-0.4, -0.2) is 45.9 Å². The molecule has 2 atom stereocenters. The summed E-state index contributed by atoms with van der Waals surface area (Å²) in [4.78, 5) is 20.9. The molecule has 1 aromatic heterocycles. The van der Waals surface area contributed by atoms with Gasteiger partial charge in [0.05, 0.1) is 5.92 Å². The average Bonchev–Trinajstić information content (AvgIpc) is 3.21. The van der Waals surface area contributed by atoms with Crippen molar-refractivity contribution in [1.82, 2.24) is 14.8 Å². The topological polar surface area (TPSA) is 39.3 Å². The van der Waals surface area contributed by atoms with Crippen LogP contribution in [0.15, 0.2) is 48.7 Å². The molecule has 0 unspecified atom stereocenters. The fraction of sp³-hybridized carbons (Fsp3) is 0.370. The maximum atomic E-state index is 14.0. The number of carbonyl (C=O) groups is 1. The number of amides is 1. The molecule has 0 saturated carbocycles. The van der Waals surface area contributed by atoms with E-state index in [2.05, 4.69) is 41.2 Å². The predicted molar refractivity (Wildman–Crippen MR) is 127 cm³/mol. The fourth-order valence-corrected chi connectivity index (χ4v) is 5.64. The molecule has 1 aliphatic heterocycles. The lowest BCUT2D eigenvalue weighted by atomic mass is 9.70. The molecule has 0 radical (unpaired) electrons. The van der Waals surface area contributed by atoms with E-state index in [9.17, 15) is 13.6 Å². The van der Waals surface area contributed by atoms with Crippen LogP contribution in [0.5, 0.6) is 0 Å². The molecule has 33 heavy (non-hydrogen) atoms. The van der Waals surface area contributed by atoms with Crippen LogP contribution in [-0.2, 0) is 17.8 Å². The van der Waals surface area contributed by atoms with Crippen molar-refractivity contribution in [3.63, 3.8) is 0 Å². The molecule has 1 aliphatic carbocycles. The summed E-state index contributed by atoms with van der Waals surface area (Å²) in [6.07, 6.45) is 5.01. The van der Waals surface area contributed by atoms with E-state index in [0.717, 1.165) is 23.1 Å². The molecule has 0 bridgehead atoms. The van der Waals surface area contributed by atoms with Crippen LogP contribution in [0.25, 0.3) is 16.5 Å². The van der Waals surface area contributed by atoms with E-state index < -0.39 is 11.6 Å². The van der Waals surface area contributed by atoms with Crippen molar-refractivity contribution < 1.29 is 13.6 Å². The third-order valence-corrected chi connectivity index (χ3v) is 7.43. The van der Waals surface area contributed by atoms with E-state index in [1.54, 1.807) is 6.07 Å². The zero-order valence-electron chi connectivity index (χ0n) is 19.3. The number of rotatable bonds is 5. The Kier molecular flexibility index (Phi) is 5.36. The second-order valence-electron chi connectivity index (χ2n) is 9.32. The number of nitrogens with zero attached hydrogens (tertiary/aromatic N) is 2. The smallest absolute Gasteiger partial charge is 0.230 e. The third kappa shape index (κ3) is 3.48. The second kappa shape index (κ2) is 8.10. The Morgan fingerprint density at radius 3 is 2.70 bits per heavy atom. The van der Waals surface area contributed by atoms with Crippen LogP contribution in [0.4, 0.5) is 8.78 Å². The molecule has 2 aromatic carbocycles. The second-order valence-corrected chi connectivity index (χ2v) is 9.32. The monoisotopic (exact) mass is 449 g/mol. The standard InChI is InChI=1S/C27H29F2N3O/c1-4-31(5-2)26(33)18-12-21-20-7-6-8-24-25(20)19(14-30-24)13-27(21,3)32(16-18)15-17-9-10-22(28)23(29)11-17/h6-12,14,18,30H,4-5,13,15-16H2,1-3H3/t18-,27-/m1/s1. The van der Waals surface area contributed by atoms with Crippen molar-refractivity contribution in [3.05, 3.63) is 77.0 Å². The number of hydrogen-bond donors (Lipinski definition) is 1. The van der Waals surface area contributed by atoms with Crippen molar-refractivity contribution in [2.24, 2.45) is 5.92 Å². The largest absolute Gasteiger partial charge is 0.361 e. The van der Waals surface area contributed by atoms with Gasteiger partial charge in [-0.25, -0.2) is 8.78 Å². The number of H-pyrrole nitrogens is 1. The minimum absolute atomic E-state index is 0.108. The maximum Gasteiger partial charge on any atom is 0.230 e. The molecular weight excluding hydrogens is 420 g/mol. The quantitative estimate of drug-likeness (QED) is 0.586. The molecule has 2 aliphatic rings. The van der Waals surface area contributed by atoms with Gasteiger partial charge in [-0.2, -0.15) is 0 Å². The van der Waals surface area contributed by atoms with Crippen LogP contribution in [0.3, 0.4) is 0 Å². The van der Waals surface area contributed by atoms with Crippen molar-refractivity contribution in [3.8, 4) is 0 Å². The first-order valence-electron chi connectivity index (χ1n) is 11.6. The summed E-state index contributed by atoms with van der Waals surface area (Å²) in [6, 6.07) is 10.3. The van der Waals surface area contributed by atoms with Crippen LogP contribution in [0.2, 0.25) is 0 Å². The summed E-state index contributed by atoms with van der Waals surface area (Å²) in [7, 11) is 0. The molecule has 0 spiro atoms. The van der Waals surface area contributed by atoms with Gasteiger partial charge in [0.2, 0.25) is 5.91 Å². The summed E-state index contributed by atoms with van der Waals surface area (Å²) in [5, 5.41) is 1.21. The van der Waals surface area contributed by atoms with Gasteiger partial charge in [0.1, 0.15) is 0 Å². The summed E-state index contributed by atoms with van der Waals surface area (Å²) >= 11 is 0. The number of hydrogen-bond acceptors (Lipinski definition) is 2. The Hall–Kier alpha value is -2.99. The molecule has 172 valence electrons. The van der Waals surface area contributed by atoms with Crippen molar-refractivity contribution in [2.45, 2.75) is 39.3 Å². The molecule has 4 nitrogen and oxygen atoms in total. The lowest BCUT2D eigenvalue weighted by Crippen LogP contribution is -2.56. The van der Waals surface area contributed by atoms with E-state index >= 15 is 0 Å². The van der Waals surface area contributed by atoms with Gasteiger partial charge in [-0.3, -0.25) is 9.69 Å². The summed E-state index contributed by atoms with van der Waals surface area (Å²) in [5.41, 5.74) is 4.95. The van der Waals surface area contributed by atoms with Crippen molar-refractivity contribution >= 4 is 22.4 Å². The third-order valence-electron chi connectivity index (χ3n) is 7.43. The Morgan fingerprint density at radius 1 is 1.18 bits per heavy atom. The predicted octanol–water partition coefficient (Wildman–Crippen LogP) is 5.14. The fourth-order valence-electron chi connectivity index (χ4n) is 5.64. The van der Waals surface area contributed by atoms with Gasteiger partial charge in [-0.15, -0.1) is 0 Å². The maximum absolute atomic E-state index is 14.0. The van der Waals surface area contributed by atoms with E-state index in [1.807, 2.05) is 24.8 Å². The molecule has 3 aromatic rings. The normalized spacial score (nSPS) is 22.2. The van der Waals surface area contributed by atoms with Crippen molar-refractivity contribution in [2.75, 3.05) is 19.6 Å². The van der Waals surface area contributed by atoms with E-state index in [1.165, 1.54) is 23.1 Å². The van der Waals surface area contributed by atoms with Gasteiger partial charge < -0.3 is 9.88 Å². The van der Waals surface area contributed by atoms with Gasteiger partial charge in [-0.1, -0.05) is 24.3 Å². The van der Waals surface area contributed by atoms with E-state index in [-0.39, 0.29) is 17.4 Å². The number of benzene rings is 2. The molecule has 0 fully saturated rings. The molecule has 1 amide bonds. The van der Waals surface area contributed by atoms with Crippen LogP contribution >= 0.6 is 0 Å². The molecule has 2 heterocycles. The van der Waals surface area contributed by atoms with Crippen LogP contribution < -0.4 is 0 Å². The average molecular weight is 450 g/mol. The van der Waals surface area contributed by atoms with Gasteiger partial charge in [0.15, 0.2) is 11.6 Å². The Labute approximate surface area is 192 Å². The lowest BCUT2D eigenvalue weighted by Gasteiger charge is -2.50.